The van der Waals surface area contributed by atoms with Crippen molar-refractivity contribution in [3.8, 4) is 0 Å². The fourth-order valence-electron chi connectivity index (χ4n) is 1.83. The maximum absolute atomic E-state index is 12.1. The Labute approximate surface area is 99.6 Å². The van der Waals surface area contributed by atoms with E-state index in [2.05, 4.69) is 17.2 Å². The number of rotatable bonds is 1. The summed E-state index contributed by atoms with van der Waals surface area (Å²) in [5, 5.41) is 3.57. The molecule has 0 spiro atoms. The number of carbonyl (C=O) groups excluding carboxylic acids is 1. The van der Waals surface area contributed by atoms with Gasteiger partial charge in [-0.2, -0.15) is 0 Å². The molecule has 1 aliphatic rings. The van der Waals surface area contributed by atoms with Crippen LogP contribution in [0.5, 0.6) is 0 Å². The summed E-state index contributed by atoms with van der Waals surface area (Å²) in [5.41, 5.74) is 0.485. The Morgan fingerprint density at radius 3 is 3.19 bits per heavy atom. The lowest BCUT2D eigenvalue weighted by atomic mass is 10.2. The lowest BCUT2D eigenvalue weighted by Crippen LogP contribution is -2.51. The number of hydrogen-bond donors (Lipinski definition) is 1. The average Bonchev–Trinajstić information content (AvgIpc) is 2.29. The van der Waals surface area contributed by atoms with Gasteiger partial charge in [0.05, 0.1) is 5.56 Å². The molecule has 1 amide bonds. The molecule has 2 heterocycles. The van der Waals surface area contributed by atoms with Crippen LogP contribution in [0.4, 0.5) is 0 Å². The Bertz CT molecular complexity index is 397. The van der Waals surface area contributed by atoms with Crippen LogP contribution < -0.4 is 5.32 Å². The molecule has 0 aromatic carbocycles. The van der Waals surface area contributed by atoms with Gasteiger partial charge in [-0.15, -0.1) is 0 Å². The molecule has 1 atom stereocenters. The van der Waals surface area contributed by atoms with Gasteiger partial charge < -0.3 is 10.2 Å². The average molecular weight is 240 g/mol. The molecule has 86 valence electrons. The summed E-state index contributed by atoms with van der Waals surface area (Å²) in [7, 11) is 0. The maximum atomic E-state index is 12.1. The first-order valence-corrected chi connectivity index (χ1v) is 5.69. The summed E-state index contributed by atoms with van der Waals surface area (Å²) in [5.74, 6) is -0.0357. The van der Waals surface area contributed by atoms with Crippen molar-refractivity contribution in [2.24, 2.45) is 0 Å². The Morgan fingerprint density at radius 2 is 2.50 bits per heavy atom. The number of aromatic nitrogens is 1. The first kappa shape index (κ1) is 11.4. The molecule has 1 saturated heterocycles. The molecule has 0 aliphatic carbocycles. The number of nitrogens with one attached hydrogen (secondary N) is 1. The van der Waals surface area contributed by atoms with E-state index in [1.54, 1.807) is 18.3 Å². The van der Waals surface area contributed by atoms with Crippen LogP contribution in [-0.4, -0.2) is 41.5 Å². The van der Waals surface area contributed by atoms with Gasteiger partial charge in [-0.3, -0.25) is 4.79 Å². The zero-order chi connectivity index (χ0) is 11.5. The van der Waals surface area contributed by atoms with Crippen molar-refractivity contribution in [2.75, 3.05) is 19.6 Å². The van der Waals surface area contributed by atoms with Crippen molar-refractivity contribution >= 4 is 17.5 Å². The highest BCUT2D eigenvalue weighted by Gasteiger charge is 2.23. The van der Waals surface area contributed by atoms with Crippen LogP contribution in [0.3, 0.4) is 0 Å². The van der Waals surface area contributed by atoms with Crippen LogP contribution in [0.2, 0.25) is 5.15 Å². The third-order valence-electron chi connectivity index (χ3n) is 2.65. The van der Waals surface area contributed by atoms with Gasteiger partial charge >= 0.3 is 0 Å². The van der Waals surface area contributed by atoms with E-state index in [0.717, 1.165) is 6.54 Å². The highest BCUT2D eigenvalue weighted by molar-refractivity contribution is 6.32. The summed E-state index contributed by atoms with van der Waals surface area (Å²) < 4.78 is 0. The molecular weight excluding hydrogens is 226 g/mol. The smallest absolute Gasteiger partial charge is 0.257 e. The predicted molar refractivity (Wildman–Crippen MR) is 62.6 cm³/mol. The standard InChI is InChI=1S/C11H14ClN3O/c1-8-7-15(6-5-13-8)11(16)9-3-2-4-14-10(9)12/h2-4,8,13H,5-7H2,1H3. The number of carbonyl (C=O) groups is 1. The van der Waals surface area contributed by atoms with E-state index >= 15 is 0 Å². The molecule has 16 heavy (non-hydrogen) atoms. The molecule has 0 bridgehead atoms. The first-order chi connectivity index (χ1) is 7.68. The van der Waals surface area contributed by atoms with E-state index in [9.17, 15) is 4.79 Å². The van der Waals surface area contributed by atoms with E-state index in [1.807, 2.05) is 4.90 Å². The largest absolute Gasteiger partial charge is 0.336 e. The summed E-state index contributed by atoms with van der Waals surface area (Å²) in [6.07, 6.45) is 1.58. The van der Waals surface area contributed by atoms with E-state index in [-0.39, 0.29) is 11.1 Å². The zero-order valence-electron chi connectivity index (χ0n) is 9.11. The van der Waals surface area contributed by atoms with Gasteiger partial charge in [0.15, 0.2) is 0 Å². The highest BCUT2D eigenvalue weighted by atomic mass is 35.5. The monoisotopic (exact) mass is 239 g/mol. The van der Waals surface area contributed by atoms with Gasteiger partial charge in [0, 0.05) is 31.9 Å². The van der Waals surface area contributed by atoms with E-state index < -0.39 is 0 Å². The minimum atomic E-state index is -0.0357. The van der Waals surface area contributed by atoms with Gasteiger partial charge in [-0.25, -0.2) is 4.98 Å². The Hall–Kier alpha value is -1.13. The lowest BCUT2D eigenvalue weighted by Gasteiger charge is -2.32. The molecule has 5 heteroatoms. The zero-order valence-corrected chi connectivity index (χ0v) is 9.87. The summed E-state index contributed by atoms with van der Waals surface area (Å²) in [4.78, 5) is 17.9. The normalized spacial score (nSPS) is 20.9. The number of piperazine rings is 1. The third-order valence-corrected chi connectivity index (χ3v) is 2.95. The topological polar surface area (TPSA) is 45.2 Å². The van der Waals surface area contributed by atoms with Crippen molar-refractivity contribution in [2.45, 2.75) is 13.0 Å². The van der Waals surface area contributed by atoms with Crippen LogP contribution in [-0.2, 0) is 0 Å². The van der Waals surface area contributed by atoms with Crippen LogP contribution in [0.15, 0.2) is 18.3 Å². The number of nitrogens with zero attached hydrogens (tertiary/aromatic N) is 2. The minimum absolute atomic E-state index is 0.0357. The predicted octanol–water partition coefficient (Wildman–Crippen LogP) is 1.17. The van der Waals surface area contributed by atoms with Crippen LogP contribution >= 0.6 is 11.6 Å². The fraction of sp³-hybridized carbons (Fsp3) is 0.455. The van der Waals surface area contributed by atoms with Crippen molar-refractivity contribution in [1.82, 2.24) is 15.2 Å². The summed E-state index contributed by atoms with van der Waals surface area (Å²) in [6.45, 7) is 4.31. The highest BCUT2D eigenvalue weighted by Crippen LogP contribution is 2.15. The molecule has 1 aromatic heterocycles. The van der Waals surface area contributed by atoms with E-state index in [1.165, 1.54) is 0 Å². The van der Waals surface area contributed by atoms with Crippen LogP contribution in [0.1, 0.15) is 17.3 Å². The number of pyridine rings is 1. The molecule has 1 fully saturated rings. The molecule has 0 saturated carbocycles. The lowest BCUT2D eigenvalue weighted by molar-refractivity contribution is 0.0709. The van der Waals surface area contributed by atoms with E-state index in [0.29, 0.717) is 24.7 Å². The van der Waals surface area contributed by atoms with Crippen molar-refractivity contribution < 1.29 is 4.79 Å². The van der Waals surface area contributed by atoms with Gasteiger partial charge in [0.25, 0.3) is 5.91 Å². The molecule has 1 N–H and O–H groups in total. The molecule has 1 unspecified atom stereocenters. The van der Waals surface area contributed by atoms with Crippen molar-refractivity contribution in [1.29, 1.82) is 0 Å². The SMILES string of the molecule is CC1CN(C(=O)c2cccnc2Cl)CCN1. The molecule has 2 rings (SSSR count). The molecule has 4 nitrogen and oxygen atoms in total. The van der Waals surface area contributed by atoms with Gasteiger partial charge in [-0.05, 0) is 19.1 Å². The second-order valence-electron chi connectivity index (χ2n) is 3.95. The molecule has 0 radical (unpaired) electrons. The number of hydrogen-bond acceptors (Lipinski definition) is 3. The van der Waals surface area contributed by atoms with Gasteiger partial charge in [-0.1, -0.05) is 11.6 Å². The van der Waals surface area contributed by atoms with E-state index in [4.69, 9.17) is 11.6 Å². The maximum Gasteiger partial charge on any atom is 0.257 e. The Balaban J connectivity index is 2.16. The first-order valence-electron chi connectivity index (χ1n) is 5.31. The fourth-order valence-corrected chi connectivity index (χ4v) is 2.03. The Morgan fingerprint density at radius 1 is 1.69 bits per heavy atom. The Kier molecular flexibility index (Phi) is 3.41. The quantitative estimate of drug-likeness (QED) is 0.749. The molecule has 1 aromatic rings. The summed E-state index contributed by atoms with van der Waals surface area (Å²) >= 11 is 5.90. The second-order valence-corrected chi connectivity index (χ2v) is 4.31. The number of halogens is 1. The van der Waals surface area contributed by atoms with Crippen LogP contribution in [0, 0.1) is 0 Å². The third kappa shape index (κ3) is 2.33. The molecular formula is C11H14ClN3O. The number of amides is 1. The second kappa shape index (κ2) is 4.80. The van der Waals surface area contributed by atoms with Crippen molar-refractivity contribution in [3.63, 3.8) is 0 Å². The van der Waals surface area contributed by atoms with Gasteiger partial charge in [0.2, 0.25) is 0 Å². The van der Waals surface area contributed by atoms with Crippen LogP contribution in [0.25, 0.3) is 0 Å². The molecule has 1 aliphatic heterocycles. The van der Waals surface area contributed by atoms with Gasteiger partial charge in [0.1, 0.15) is 5.15 Å². The minimum Gasteiger partial charge on any atom is -0.336 e. The van der Waals surface area contributed by atoms with Crippen molar-refractivity contribution in [3.05, 3.63) is 29.0 Å². The summed E-state index contributed by atoms with van der Waals surface area (Å²) in [6, 6.07) is 3.77.